The van der Waals surface area contributed by atoms with Gasteiger partial charge in [0.25, 0.3) is 0 Å². The molecule has 1 aromatic rings. The quantitative estimate of drug-likeness (QED) is 0.879. The maximum Gasteiger partial charge on any atom is 0.220 e. The standard InChI is InChI=1S/C14H19BrN2O.ClH/c15-12-3-1-2-11(10-12)4-5-14(18)17-13-6-8-16-9-7-13;/h1-3,10,13,16H,4-9H2,(H,17,18);1H. The van der Waals surface area contributed by atoms with Gasteiger partial charge in [0.1, 0.15) is 0 Å². The van der Waals surface area contributed by atoms with Gasteiger partial charge in [-0.3, -0.25) is 4.79 Å². The summed E-state index contributed by atoms with van der Waals surface area (Å²) in [6, 6.07) is 8.49. The number of rotatable bonds is 4. The number of benzene rings is 1. The van der Waals surface area contributed by atoms with Crippen LogP contribution in [0.4, 0.5) is 0 Å². The summed E-state index contributed by atoms with van der Waals surface area (Å²) in [5.74, 6) is 0.168. The van der Waals surface area contributed by atoms with Gasteiger partial charge < -0.3 is 10.6 Å². The molecule has 0 aromatic heterocycles. The van der Waals surface area contributed by atoms with E-state index in [4.69, 9.17) is 0 Å². The van der Waals surface area contributed by atoms with E-state index in [1.54, 1.807) is 0 Å². The number of hydrogen-bond acceptors (Lipinski definition) is 2. The predicted molar refractivity (Wildman–Crippen MR) is 83.7 cm³/mol. The Balaban J connectivity index is 0.00000180. The van der Waals surface area contributed by atoms with Crippen molar-refractivity contribution in [2.75, 3.05) is 13.1 Å². The zero-order chi connectivity index (χ0) is 12.8. The van der Waals surface area contributed by atoms with Gasteiger partial charge in [-0.15, -0.1) is 12.4 Å². The van der Waals surface area contributed by atoms with Crippen molar-refractivity contribution in [1.82, 2.24) is 10.6 Å². The van der Waals surface area contributed by atoms with Crippen molar-refractivity contribution in [3.05, 3.63) is 34.3 Å². The summed E-state index contributed by atoms with van der Waals surface area (Å²) in [6.45, 7) is 2.02. The lowest BCUT2D eigenvalue weighted by atomic mass is 10.1. The molecule has 106 valence electrons. The van der Waals surface area contributed by atoms with Crippen molar-refractivity contribution >= 4 is 34.2 Å². The zero-order valence-electron chi connectivity index (χ0n) is 10.8. The first-order chi connectivity index (χ1) is 8.74. The fourth-order valence-corrected chi connectivity index (χ4v) is 2.66. The largest absolute Gasteiger partial charge is 0.353 e. The topological polar surface area (TPSA) is 41.1 Å². The summed E-state index contributed by atoms with van der Waals surface area (Å²) in [7, 11) is 0. The van der Waals surface area contributed by atoms with Gasteiger partial charge in [0.2, 0.25) is 5.91 Å². The molecule has 3 nitrogen and oxygen atoms in total. The van der Waals surface area contributed by atoms with Gasteiger partial charge in [0.05, 0.1) is 0 Å². The molecular formula is C14H20BrClN2O. The van der Waals surface area contributed by atoms with Crippen LogP contribution in [0.1, 0.15) is 24.8 Å². The van der Waals surface area contributed by atoms with E-state index in [2.05, 4.69) is 38.7 Å². The molecule has 1 aliphatic heterocycles. The summed E-state index contributed by atoms with van der Waals surface area (Å²) < 4.78 is 1.07. The molecule has 5 heteroatoms. The summed E-state index contributed by atoms with van der Waals surface area (Å²) in [6.07, 6.45) is 3.46. The molecule has 0 spiro atoms. The maximum atomic E-state index is 11.8. The number of piperidine rings is 1. The van der Waals surface area contributed by atoms with Crippen molar-refractivity contribution < 1.29 is 4.79 Å². The van der Waals surface area contributed by atoms with E-state index < -0.39 is 0 Å². The highest BCUT2D eigenvalue weighted by molar-refractivity contribution is 9.10. The Hall–Kier alpha value is -0.580. The molecule has 1 amide bonds. The van der Waals surface area contributed by atoms with Gasteiger partial charge in [0, 0.05) is 16.9 Å². The first-order valence-electron chi connectivity index (χ1n) is 6.48. The monoisotopic (exact) mass is 346 g/mol. The Morgan fingerprint density at radius 1 is 1.37 bits per heavy atom. The van der Waals surface area contributed by atoms with Crippen molar-refractivity contribution in [3.63, 3.8) is 0 Å². The Morgan fingerprint density at radius 2 is 2.11 bits per heavy atom. The predicted octanol–water partition coefficient (Wildman–Crippen LogP) is 2.67. The molecular weight excluding hydrogens is 328 g/mol. The molecule has 1 aliphatic rings. The van der Waals surface area contributed by atoms with Crippen molar-refractivity contribution in [2.45, 2.75) is 31.7 Å². The fourth-order valence-electron chi connectivity index (χ4n) is 2.22. The van der Waals surface area contributed by atoms with Gasteiger partial charge >= 0.3 is 0 Å². The van der Waals surface area contributed by atoms with Gasteiger partial charge in [-0.05, 0) is 50.0 Å². The molecule has 19 heavy (non-hydrogen) atoms. The number of hydrogen-bond donors (Lipinski definition) is 2. The lowest BCUT2D eigenvalue weighted by Crippen LogP contribution is -2.42. The van der Waals surface area contributed by atoms with E-state index in [0.29, 0.717) is 12.5 Å². The number of aryl methyl sites for hydroxylation is 1. The lowest BCUT2D eigenvalue weighted by Gasteiger charge is -2.23. The third-order valence-corrected chi connectivity index (χ3v) is 3.73. The van der Waals surface area contributed by atoms with E-state index in [1.165, 1.54) is 5.56 Å². The highest BCUT2D eigenvalue weighted by Crippen LogP contribution is 2.13. The van der Waals surface area contributed by atoms with Crippen LogP contribution in [0.2, 0.25) is 0 Å². The molecule has 0 saturated carbocycles. The molecule has 0 radical (unpaired) electrons. The second kappa shape index (κ2) is 8.56. The highest BCUT2D eigenvalue weighted by atomic mass is 79.9. The van der Waals surface area contributed by atoms with Gasteiger partial charge in [-0.1, -0.05) is 28.1 Å². The average Bonchev–Trinajstić information content (AvgIpc) is 2.38. The Labute approximate surface area is 129 Å². The number of amides is 1. The van der Waals surface area contributed by atoms with Crippen molar-refractivity contribution in [1.29, 1.82) is 0 Å². The molecule has 2 N–H and O–H groups in total. The molecule has 1 saturated heterocycles. The highest BCUT2D eigenvalue weighted by Gasteiger charge is 2.14. The number of carbonyl (C=O) groups is 1. The van der Waals surface area contributed by atoms with Crippen LogP contribution in [-0.4, -0.2) is 25.0 Å². The van der Waals surface area contributed by atoms with Crippen LogP contribution in [0.3, 0.4) is 0 Å². The molecule has 0 aliphatic carbocycles. The summed E-state index contributed by atoms with van der Waals surface area (Å²) in [4.78, 5) is 11.8. The van der Waals surface area contributed by atoms with Crippen LogP contribution in [0.25, 0.3) is 0 Å². The Kier molecular flexibility index (Phi) is 7.42. The summed E-state index contributed by atoms with van der Waals surface area (Å²) in [5.41, 5.74) is 1.20. The van der Waals surface area contributed by atoms with Crippen LogP contribution in [0.15, 0.2) is 28.7 Å². The Bertz CT molecular complexity index is 408. The summed E-state index contributed by atoms with van der Waals surface area (Å²) >= 11 is 3.44. The first-order valence-corrected chi connectivity index (χ1v) is 7.28. The zero-order valence-corrected chi connectivity index (χ0v) is 13.2. The van der Waals surface area contributed by atoms with E-state index in [1.807, 2.05) is 12.1 Å². The molecule has 1 heterocycles. The minimum absolute atomic E-state index is 0. The fraction of sp³-hybridized carbons (Fsp3) is 0.500. The van der Waals surface area contributed by atoms with E-state index in [-0.39, 0.29) is 18.3 Å². The SMILES string of the molecule is Cl.O=C(CCc1cccc(Br)c1)NC1CCNCC1. The normalized spacial score (nSPS) is 15.6. The minimum atomic E-state index is 0. The van der Waals surface area contributed by atoms with E-state index >= 15 is 0 Å². The van der Waals surface area contributed by atoms with Gasteiger partial charge in [0.15, 0.2) is 0 Å². The van der Waals surface area contributed by atoms with Gasteiger partial charge in [-0.25, -0.2) is 0 Å². The maximum absolute atomic E-state index is 11.8. The second-order valence-electron chi connectivity index (χ2n) is 4.72. The van der Waals surface area contributed by atoms with Crippen LogP contribution in [0, 0.1) is 0 Å². The summed E-state index contributed by atoms with van der Waals surface area (Å²) in [5, 5.41) is 6.41. The van der Waals surface area contributed by atoms with Gasteiger partial charge in [-0.2, -0.15) is 0 Å². The lowest BCUT2D eigenvalue weighted by molar-refractivity contribution is -0.121. The van der Waals surface area contributed by atoms with Crippen molar-refractivity contribution in [3.8, 4) is 0 Å². The molecule has 0 unspecified atom stereocenters. The molecule has 0 bridgehead atoms. The van der Waals surface area contributed by atoms with Crippen LogP contribution in [-0.2, 0) is 11.2 Å². The number of carbonyl (C=O) groups excluding carboxylic acids is 1. The van der Waals surface area contributed by atoms with E-state index in [9.17, 15) is 4.79 Å². The first kappa shape index (κ1) is 16.5. The Morgan fingerprint density at radius 3 is 2.79 bits per heavy atom. The van der Waals surface area contributed by atoms with Crippen LogP contribution >= 0.6 is 28.3 Å². The molecule has 0 atom stereocenters. The van der Waals surface area contributed by atoms with Crippen LogP contribution in [0.5, 0.6) is 0 Å². The minimum Gasteiger partial charge on any atom is -0.353 e. The number of halogens is 2. The third-order valence-electron chi connectivity index (χ3n) is 3.23. The molecule has 1 aromatic carbocycles. The van der Waals surface area contributed by atoms with Crippen LogP contribution < -0.4 is 10.6 Å². The number of nitrogens with one attached hydrogen (secondary N) is 2. The molecule has 2 rings (SSSR count). The second-order valence-corrected chi connectivity index (χ2v) is 5.64. The third kappa shape index (κ3) is 5.93. The average molecular weight is 348 g/mol. The van der Waals surface area contributed by atoms with E-state index in [0.717, 1.165) is 36.8 Å². The smallest absolute Gasteiger partial charge is 0.220 e. The molecule has 1 fully saturated rings. The van der Waals surface area contributed by atoms with Crippen molar-refractivity contribution in [2.24, 2.45) is 0 Å².